The molecule has 136 valence electrons. The van der Waals surface area contributed by atoms with Gasteiger partial charge in [-0.05, 0) is 38.8 Å². The molecule has 0 aliphatic rings. The minimum absolute atomic E-state index is 0.241. The summed E-state index contributed by atoms with van der Waals surface area (Å²) < 4.78 is 12.8. The molecule has 0 atom stereocenters. The molecule has 0 spiro atoms. The van der Waals surface area contributed by atoms with Crippen LogP contribution in [-0.2, 0) is 22.5 Å². The van der Waals surface area contributed by atoms with Gasteiger partial charge in [-0.1, -0.05) is 31.5 Å². The number of carbonyl (C=O) groups excluding carboxylic acids is 1. The molecule has 0 amide bonds. The van der Waals surface area contributed by atoms with E-state index in [9.17, 15) is 4.79 Å². The maximum atomic E-state index is 12.1. The van der Waals surface area contributed by atoms with Crippen LogP contribution in [0, 0.1) is 26.7 Å². The highest BCUT2D eigenvalue weighted by Gasteiger charge is 2.16. The van der Waals surface area contributed by atoms with Gasteiger partial charge in [0.25, 0.3) is 0 Å². The lowest BCUT2D eigenvalue weighted by Gasteiger charge is -2.09. The van der Waals surface area contributed by atoms with E-state index in [4.69, 9.17) is 9.47 Å². The van der Waals surface area contributed by atoms with Crippen molar-refractivity contribution in [2.45, 2.75) is 47.6 Å². The molecular formula is C20H28N2O3. The van der Waals surface area contributed by atoms with Crippen LogP contribution >= 0.6 is 0 Å². The molecule has 0 N–H and O–H groups in total. The van der Waals surface area contributed by atoms with Crippen molar-refractivity contribution in [1.29, 1.82) is 0 Å². The van der Waals surface area contributed by atoms with Crippen LogP contribution in [0.5, 0.6) is 5.75 Å². The predicted octanol–water partition coefficient (Wildman–Crippen LogP) is 3.63. The summed E-state index contributed by atoms with van der Waals surface area (Å²) in [7, 11) is 0. The Balaban J connectivity index is 1.80. The van der Waals surface area contributed by atoms with Gasteiger partial charge in [-0.25, -0.2) is 0 Å². The Labute approximate surface area is 149 Å². The number of ether oxygens (including phenoxy) is 2. The van der Waals surface area contributed by atoms with Crippen molar-refractivity contribution in [3.8, 4) is 5.75 Å². The number of rotatable bonds is 8. The van der Waals surface area contributed by atoms with Crippen molar-refractivity contribution >= 4 is 5.97 Å². The Morgan fingerprint density at radius 2 is 1.80 bits per heavy atom. The molecule has 0 bridgehead atoms. The van der Waals surface area contributed by atoms with Gasteiger partial charge in [0, 0.05) is 17.8 Å². The van der Waals surface area contributed by atoms with E-state index < -0.39 is 0 Å². The van der Waals surface area contributed by atoms with E-state index in [1.54, 1.807) is 0 Å². The van der Waals surface area contributed by atoms with Crippen LogP contribution in [-0.4, -0.2) is 29.0 Å². The summed E-state index contributed by atoms with van der Waals surface area (Å²) >= 11 is 0. The van der Waals surface area contributed by atoms with Crippen LogP contribution in [0.25, 0.3) is 0 Å². The minimum atomic E-state index is -0.247. The van der Waals surface area contributed by atoms with Crippen molar-refractivity contribution in [3.63, 3.8) is 0 Å². The van der Waals surface area contributed by atoms with E-state index in [2.05, 4.69) is 18.9 Å². The Kier molecular flexibility index (Phi) is 6.62. The van der Waals surface area contributed by atoms with Crippen LogP contribution < -0.4 is 4.74 Å². The molecular weight excluding hydrogens is 316 g/mol. The minimum Gasteiger partial charge on any atom is -0.490 e. The molecule has 25 heavy (non-hydrogen) atoms. The van der Waals surface area contributed by atoms with Crippen molar-refractivity contribution in [2.75, 3.05) is 13.2 Å². The summed E-state index contributed by atoms with van der Waals surface area (Å²) in [6.07, 6.45) is 0.250. The summed E-state index contributed by atoms with van der Waals surface area (Å²) in [5, 5.41) is 4.53. The first-order chi connectivity index (χ1) is 11.9. The van der Waals surface area contributed by atoms with E-state index in [-0.39, 0.29) is 19.0 Å². The third-order valence-electron chi connectivity index (χ3n) is 4.03. The molecule has 1 aromatic carbocycles. The third-order valence-corrected chi connectivity index (χ3v) is 4.03. The molecule has 5 nitrogen and oxygen atoms in total. The molecule has 0 aliphatic carbocycles. The Hall–Kier alpha value is -2.30. The third kappa shape index (κ3) is 5.62. The fourth-order valence-corrected chi connectivity index (χ4v) is 2.66. The monoisotopic (exact) mass is 344 g/mol. The van der Waals surface area contributed by atoms with Gasteiger partial charge < -0.3 is 9.47 Å². The van der Waals surface area contributed by atoms with Crippen molar-refractivity contribution < 1.29 is 14.3 Å². The van der Waals surface area contributed by atoms with Gasteiger partial charge in [0.05, 0.1) is 12.1 Å². The van der Waals surface area contributed by atoms with Gasteiger partial charge in [0.2, 0.25) is 0 Å². The zero-order valence-electron chi connectivity index (χ0n) is 15.8. The molecule has 0 radical (unpaired) electrons. The number of hydrogen-bond donors (Lipinski definition) is 0. The number of esters is 1. The first kappa shape index (κ1) is 19.0. The first-order valence-electron chi connectivity index (χ1n) is 8.74. The molecule has 2 aromatic rings. The Morgan fingerprint density at radius 3 is 2.44 bits per heavy atom. The van der Waals surface area contributed by atoms with Crippen molar-refractivity contribution in [1.82, 2.24) is 9.78 Å². The Bertz CT molecular complexity index is 702. The number of aryl methyl sites for hydroxylation is 2. The van der Waals surface area contributed by atoms with Crippen LogP contribution in [0.4, 0.5) is 0 Å². The van der Waals surface area contributed by atoms with Crippen molar-refractivity contribution in [3.05, 3.63) is 46.8 Å². The van der Waals surface area contributed by atoms with Crippen LogP contribution in [0.1, 0.15) is 36.4 Å². The average molecular weight is 344 g/mol. The summed E-state index contributed by atoms with van der Waals surface area (Å²) in [6.45, 7) is 11.7. The average Bonchev–Trinajstić information content (AvgIpc) is 2.80. The molecule has 0 saturated heterocycles. The highest BCUT2D eigenvalue weighted by atomic mass is 16.6. The number of carbonyl (C=O) groups is 1. The van der Waals surface area contributed by atoms with Gasteiger partial charge in [-0.3, -0.25) is 9.48 Å². The number of aromatic nitrogens is 2. The zero-order valence-corrected chi connectivity index (χ0v) is 15.8. The van der Waals surface area contributed by atoms with Gasteiger partial charge in [0.1, 0.15) is 19.0 Å². The lowest BCUT2D eigenvalue weighted by atomic mass is 10.1. The van der Waals surface area contributed by atoms with Crippen LogP contribution in [0.15, 0.2) is 24.3 Å². The Morgan fingerprint density at radius 1 is 1.12 bits per heavy atom. The molecule has 5 heteroatoms. The maximum Gasteiger partial charge on any atom is 0.310 e. The molecule has 0 aliphatic heterocycles. The molecule has 0 unspecified atom stereocenters. The molecule has 0 saturated carbocycles. The SMILES string of the molecule is Cc1ccc(OCCOC(=O)Cc2c(C)nn(CC(C)C)c2C)cc1. The highest BCUT2D eigenvalue weighted by Crippen LogP contribution is 2.16. The van der Waals surface area contributed by atoms with Gasteiger partial charge in [-0.15, -0.1) is 0 Å². The number of hydrogen-bond acceptors (Lipinski definition) is 4. The number of nitrogens with zero attached hydrogens (tertiary/aromatic N) is 2. The second-order valence-electron chi connectivity index (χ2n) is 6.78. The summed E-state index contributed by atoms with van der Waals surface area (Å²) in [4.78, 5) is 12.1. The standard InChI is InChI=1S/C20H28N2O3/c1-14(2)13-22-17(5)19(16(4)21-22)12-20(23)25-11-10-24-18-8-6-15(3)7-9-18/h6-9,14H,10-13H2,1-5H3. The van der Waals surface area contributed by atoms with Crippen molar-refractivity contribution in [2.24, 2.45) is 5.92 Å². The van der Waals surface area contributed by atoms with Crippen LogP contribution in [0.3, 0.4) is 0 Å². The first-order valence-corrected chi connectivity index (χ1v) is 8.74. The smallest absolute Gasteiger partial charge is 0.310 e. The lowest BCUT2D eigenvalue weighted by molar-refractivity contribution is -0.143. The number of benzene rings is 1. The summed E-state index contributed by atoms with van der Waals surface area (Å²) in [5.41, 5.74) is 4.08. The summed E-state index contributed by atoms with van der Waals surface area (Å²) in [6, 6.07) is 7.80. The fourth-order valence-electron chi connectivity index (χ4n) is 2.66. The molecule has 1 heterocycles. The molecule has 2 rings (SSSR count). The highest BCUT2D eigenvalue weighted by molar-refractivity contribution is 5.73. The maximum absolute atomic E-state index is 12.1. The topological polar surface area (TPSA) is 53.4 Å². The van der Waals surface area contributed by atoms with Crippen LogP contribution in [0.2, 0.25) is 0 Å². The molecule has 1 aromatic heterocycles. The van der Waals surface area contributed by atoms with Gasteiger partial charge in [-0.2, -0.15) is 5.10 Å². The zero-order chi connectivity index (χ0) is 18.4. The fraction of sp³-hybridized carbons (Fsp3) is 0.500. The normalized spacial score (nSPS) is 11.0. The second kappa shape index (κ2) is 8.70. The quantitative estimate of drug-likeness (QED) is 0.542. The predicted molar refractivity (Wildman–Crippen MR) is 97.9 cm³/mol. The van der Waals surface area contributed by atoms with E-state index in [1.165, 1.54) is 5.56 Å². The van der Waals surface area contributed by atoms with Gasteiger partial charge >= 0.3 is 5.97 Å². The lowest BCUT2D eigenvalue weighted by Crippen LogP contribution is -2.15. The largest absolute Gasteiger partial charge is 0.490 e. The van der Waals surface area contributed by atoms with E-state index in [0.717, 1.165) is 29.2 Å². The van der Waals surface area contributed by atoms with E-state index in [0.29, 0.717) is 12.5 Å². The second-order valence-corrected chi connectivity index (χ2v) is 6.78. The van der Waals surface area contributed by atoms with Gasteiger partial charge in [0.15, 0.2) is 0 Å². The summed E-state index contributed by atoms with van der Waals surface area (Å²) in [5.74, 6) is 1.04. The van der Waals surface area contributed by atoms with E-state index >= 15 is 0 Å². The molecule has 0 fully saturated rings. The van der Waals surface area contributed by atoms with E-state index in [1.807, 2.05) is 49.7 Å².